The van der Waals surface area contributed by atoms with E-state index in [1.54, 1.807) is 0 Å². The molecule has 1 N–H and O–H groups in total. The van der Waals surface area contributed by atoms with E-state index >= 15 is 0 Å². The number of likely N-dealkylation sites (tertiary alicyclic amines) is 1. The van der Waals surface area contributed by atoms with E-state index in [1.165, 1.54) is 0 Å². The number of ketones is 2. The number of rotatable bonds is 10. The van der Waals surface area contributed by atoms with Crippen LogP contribution in [0.5, 0.6) is 0 Å². The van der Waals surface area contributed by atoms with Gasteiger partial charge in [-0.1, -0.05) is 45.3 Å². The molecular weight excluding hydrogens is 370 g/mol. The third-order valence-electron chi connectivity index (χ3n) is 5.87. The van der Waals surface area contributed by atoms with E-state index < -0.39 is 11.7 Å². The van der Waals surface area contributed by atoms with E-state index in [1.807, 2.05) is 19.1 Å². The van der Waals surface area contributed by atoms with Crippen molar-refractivity contribution in [2.45, 2.75) is 78.1 Å². The van der Waals surface area contributed by atoms with Crippen LogP contribution in [0.25, 0.3) is 0 Å². The lowest BCUT2D eigenvalue weighted by Gasteiger charge is -2.17. The maximum Gasteiger partial charge on any atom is 0.268 e. The number of hydrogen-bond donors (Lipinski definition) is 1. The molecule has 0 aromatic heterocycles. The smallest absolute Gasteiger partial charge is 0.268 e. The first-order valence-corrected chi connectivity index (χ1v) is 10.9. The van der Waals surface area contributed by atoms with Gasteiger partial charge in [0, 0.05) is 25.2 Å². The molecule has 0 unspecified atom stereocenters. The minimum Gasteiger partial charge on any atom is -0.511 e. The molecule has 2 rings (SSSR count). The summed E-state index contributed by atoms with van der Waals surface area (Å²) in [5.74, 6) is -1.95. The van der Waals surface area contributed by atoms with Gasteiger partial charge in [-0.3, -0.25) is 24.1 Å². The lowest BCUT2D eigenvalue weighted by Crippen LogP contribution is -2.32. The van der Waals surface area contributed by atoms with Crippen LogP contribution in [0.15, 0.2) is 23.5 Å². The standard InChI is InChI=1S/C23H33NO5/c1-3-5-7-9-11-21(28)24-15-20(27)22(23(24)29)19(26)14-16-12-13-18(25)17(16)10-8-6-4-2/h6,8,16-17,26H,3-5,7,9-15H2,1-2H3/b8-6-,22-19-/t16-,17-/m0/s1. The first kappa shape index (κ1) is 23.0. The third-order valence-corrected chi connectivity index (χ3v) is 5.87. The van der Waals surface area contributed by atoms with Crippen LogP contribution >= 0.6 is 0 Å². The third kappa shape index (κ3) is 5.87. The largest absolute Gasteiger partial charge is 0.511 e. The molecule has 1 heterocycles. The Labute approximate surface area is 173 Å². The van der Waals surface area contributed by atoms with Gasteiger partial charge in [0.2, 0.25) is 5.91 Å². The summed E-state index contributed by atoms with van der Waals surface area (Å²) >= 11 is 0. The fourth-order valence-corrected chi connectivity index (χ4v) is 4.18. The van der Waals surface area contributed by atoms with E-state index in [0.29, 0.717) is 25.7 Å². The maximum absolute atomic E-state index is 12.6. The number of Topliss-reactive ketones (excluding diaryl/α,β-unsaturated/α-hetero) is 2. The molecule has 0 aromatic rings. The molecular formula is C23H33NO5. The number of hydrogen-bond acceptors (Lipinski definition) is 5. The molecule has 1 saturated heterocycles. The Morgan fingerprint density at radius 2 is 1.90 bits per heavy atom. The number of aliphatic hydroxyl groups is 1. The molecule has 0 bridgehead atoms. The average molecular weight is 404 g/mol. The summed E-state index contributed by atoms with van der Waals surface area (Å²) in [6.07, 6.45) is 10.6. The van der Waals surface area contributed by atoms with Crippen molar-refractivity contribution in [3.63, 3.8) is 0 Å². The molecule has 160 valence electrons. The van der Waals surface area contributed by atoms with Gasteiger partial charge in [-0.15, -0.1) is 0 Å². The van der Waals surface area contributed by atoms with Gasteiger partial charge in [-0.2, -0.15) is 0 Å². The molecule has 0 radical (unpaired) electrons. The zero-order valence-electron chi connectivity index (χ0n) is 17.6. The Morgan fingerprint density at radius 3 is 2.59 bits per heavy atom. The first-order valence-electron chi connectivity index (χ1n) is 10.9. The molecule has 2 atom stereocenters. The van der Waals surface area contributed by atoms with Crippen molar-refractivity contribution in [2.75, 3.05) is 6.54 Å². The summed E-state index contributed by atoms with van der Waals surface area (Å²) in [5.41, 5.74) is -0.269. The molecule has 2 aliphatic rings. The summed E-state index contributed by atoms with van der Waals surface area (Å²) in [4.78, 5) is 50.4. The van der Waals surface area contributed by atoms with Gasteiger partial charge in [0.1, 0.15) is 17.1 Å². The van der Waals surface area contributed by atoms with Gasteiger partial charge in [-0.25, -0.2) is 0 Å². The lowest BCUT2D eigenvalue weighted by atomic mass is 9.88. The summed E-state index contributed by atoms with van der Waals surface area (Å²) in [5, 5.41) is 10.5. The van der Waals surface area contributed by atoms with E-state index in [4.69, 9.17) is 0 Å². The topological polar surface area (TPSA) is 91.8 Å². The molecule has 1 aliphatic heterocycles. The van der Waals surface area contributed by atoms with Crippen molar-refractivity contribution in [2.24, 2.45) is 11.8 Å². The number of imide groups is 1. The fourth-order valence-electron chi connectivity index (χ4n) is 4.18. The van der Waals surface area contributed by atoms with Crippen LogP contribution in [0.3, 0.4) is 0 Å². The van der Waals surface area contributed by atoms with Gasteiger partial charge in [0.25, 0.3) is 5.91 Å². The molecule has 0 spiro atoms. The SMILES string of the molecule is CC/C=C\C[C@@H]1C(=O)CC[C@H]1C/C(O)=C1\C(=O)CN(C(=O)CCCCCC)C1=O. The first-order chi connectivity index (χ1) is 13.9. The van der Waals surface area contributed by atoms with E-state index in [2.05, 4.69) is 6.92 Å². The summed E-state index contributed by atoms with van der Waals surface area (Å²) in [6, 6.07) is 0. The second-order valence-corrected chi connectivity index (χ2v) is 8.03. The van der Waals surface area contributed by atoms with E-state index in [9.17, 15) is 24.3 Å². The highest BCUT2D eigenvalue weighted by molar-refractivity contribution is 6.29. The predicted octanol–water partition coefficient (Wildman–Crippen LogP) is 4.05. The number of nitrogens with zero attached hydrogens (tertiary/aromatic N) is 1. The van der Waals surface area contributed by atoms with Crippen molar-refractivity contribution in [3.05, 3.63) is 23.5 Å². The molecule has 0 aromatic carbocycles. The molecule has 2 fully saturated rings. The molecule has 1 saturated carbocycles. The minimum atomic E-state index is -0.695. The second kappa shape index (κ2) is 11.1. The molecule has 6 nitrogen and oxygen atoms in total. The van der Waals surface area contributed by atoms with Crippen LogP contribution < -0.4 is 0 Å². The van der Waals surface area contributed by atoms with Crippen LogP contribution in [0.1, 0.15) is 78.1 Å². The number of unbranched alkanes of at least 4 members (excludes halogenated alkanes) is 3. The zero-order valence-corrected chi connectivity index (χ0v) is 17.6. The van der Waals surface area contributed by atoms with Gasteiger partial charge in [0.05, 0.1) is 6.54 Å². The number of allylic oxidation sites excluding steroid dienone is 3. The van der Waals surface area contributed by atoms with Crippen LogP contribution in [0, 0.1) is 11.8 Å². The average Bonchev–Trinajstić information content (AvgIpc) is 3.18. The summed E-state index contributed by atoms with van der Waals surface area (Å²) < 4.78 is 0. The highest BCUT2D eigenvalue weighted by Crippen LogP contribution is 2.36. The Hall–Kier alpha value is -2.24. The van der Waals surface area contributed by atoms with Crippen molar-refractivity contribution in [1.29, 1.82) is 0 Å². The summed E-state index contributed by atoms with van der Waals surface area (Å²) in [7, 11) is 0. The molecule has 6 heteroatoms. The summed E-state index contributed by atoms with van der Waals surface area (Å²) in [6.45, 7) is 3.80. The van der Waals surface area contributed by atoms with Gasteiger partial charge in [-0.05, 0) is 31.6 Å². The Kier molecular flexibility index (Phi) is 8.80. The van der Waals surface area contributed by atoms with E-state index in [-0.39, 0.29) is 54.2 Å². The van der Waals surface area contributed by atoms with Crippen molar-refractivity contribution < 1.29 is 24.3 Å². The lowest BCUT2D eigenvalue weighted by molar-refractivity contribution is -0.141. The van der Waals surface area contributed by atoms with Crippen molar-refractivity contribution >= 4 is 23.4 Å². The Morgan fingerprint density at radius 1 is 1.14 bits per heavy atom. The molecule has 2 amide bonds. The monoisotopic (exact) mass is 403 g/mol. The van der Waals surface area contributed by atoms with Crippen LogP contribution in [-0.2, 0) is 19.2 Å². The van der Waals surface area contributed by atoms with Crippen LogP contribution in [-0.4, -0.2) is 39.9 Å². The highest BCUT2D eigenvalue weighted by atomic mass is 16.3. The second-order valence-electron chi connectivity index (χ2n) is 8.03. The van der Waals surface area contributed by atoms with Crippen molar-refractivity contribution in [3.8, 4) is 0 Å². The quantitative estimate of drug-likeness (QED) is 0.195. The number of amides is 2. The predicted molar refractivity (Wildman–Crippen MR) is 110 cm³/mol. The highest BCUT2D eigenvalue weighted by Gasteiger charge is 2.41. The Bertz CT molecular complexity index is 706. The molecule has 29 heavy (non-hydrogen) atoms. The maximum atomic E-state index is 12.6. The number of carbonyl (C=O) groups excluding carboxylic acids is 4. The number of aliphatic hydroxyl groups excluding tert-OH is 1. The Balaban J connectivity index is 2.04. The van der Waals surface area contributed by atoms with Crippen LogP contribution in [0.2, 0.25) is 0 Å². The molecule has 1 aliphatic carbocycles. The van der Waals surface area contributed by atoms with E-state index in [0.717, 1.165) is 30.6 Å². The van der Waals surface area contributed by atoms with Gasteiger partial charge >= 0.3 is 0 Å². The van der Waals surface area contributed by atoms with Gasteiger partial charge in [0.15, 0.2) is 5.78 Å². The normalized spacial score (nSPS) is 24.2. The minimum absolute atomic E-state index is 0.0871. The van der Waals surface area contributed by atoms with Crippen molar-refractivity contribution in [1.82, 2.24) is 4.90 Å². The van der Waals surface area contributed by atoms with Gasteiger partial charge < -0.3 is 5.11 Å². The zero-order chi connectivity index (χ0) is 21.4. The number of carbonyl (C=O) groups is 4. The fraction of sp³-hybridized carbons (Fsp3) is 0.652. The van der Waals surface area contributed by atoms with Crippen LogP contribution in [0.4, 0.5) is 0 Å².